The van der Waals surface area contributed by atoms with Gasteiger partial charge in [0.2, 0.25) is 5.91 Å². The minimum atomic E-state index is 0.0144. The van der Waals surface area contributed by atoms with Gasteiger partial charge in [0.25, 0.3) is 0 Å². The lowest BCUT2D eigenvalue weighted by atomic mass is 10.2. The maximum atomic E-state index is 12.4. The van der Waals surface area contributed by atoms with Crippen LogP contribution < -0.4 is 5.32 Å². The number of fused-ring (bicyclic) bond motifs is 1. The number of amides is 1. The molecule has 0 radical (unpaired) electrons. The Morgan fingerprint density at radius 3 is 2.73 bits per heavy atom. The van der Waals surface area contributed by atoms with Crippen LogP contribution in [0.5, 0.6) is 0 Å². The number of halogens is 1. The minimum absolute atomic E-state index is 0.0144. The number of carbonyl (C=O) groups is 1. The molecule has 0 aliphatic rings. The van der Waals surface area contributed by atoms with E-state index in [1.807, 2.05) is 55.5 Å². The molecule has 5 nitrogen and oxygen atoms in total. The van der Waals surface area contributed by atoms with Crippen LogP contribution in [0.1, 0.15) is 29.8 Å². The fourth-order valence-corrected chi connectivity index (χ4v) is 3.73. The standard InChI is InChI=1S/C24H23BrN4O/c1-17-15-19(12-13-20(17)25)27-23(30)11-5-10-22-28-21-9-6-14-26-24(21)29(22)16-18-7-3-2-4-8-18/h2-4,6-9,12-15H,5,10-11,16H2,1H3,(H,27,30). The summed E-state index contributed by atoms with van der Waals surface area (Å²) < 4.78 is 3.19. The average Bonchev–Trinajstić information content (AvgIpc) is 3.09. The van der Waals surface area contributed by atoms with Crippen LogP contribution in [0.3, 0.4) is 0 Å². The first-order valence-corrected chi connectivity index (χ1v) is 10.8. The third-order valence-electron chi connectivity index (χ3n) is 5.01. The highest BCUT2D eigenvalue weighted by Gasteiger charge is 2.13. The van der Waals surface area contributed by atoms with Crippen LogP contribution in [0.2, 0.25) is 0 Å². The Labute approximate surface area is 184 Å². The predicted molar refractivity (Wildman–Crippen MR) is 124 cm³/mol. The van der Waals surface area contributed by atoms with Crippen molar-refractivity contribution in [2.75, 3.05) is 5.32 Å². The van der Waals surface area contributed by atoms with E-state index in [9.17, 15) is 4.79 Å². The second-order valence-corrected chi connectivity index (χ2v) is 8.17. The molecule has 2 aromatic heterocycles. The maximum absolute atomic E-state index is 12.4. The first-order chi connectivity index (χ1) is 14.6. The molecule has 0 atom stereocenters. The fraction of sp³-hybridized carbons (Fsp3) is 0.208. The lowest BCUT2D eigenvalue weighted by molar-refractivity contribution is -0.116. The third kappa shape index (κ3) is 4.76. The van der Waals surface area contributed by atoms with E-state index in [0.29, 0.717) is 13.0 Å². The Morgan fingerprint density at radius 1 is 1.10 bits per heavy atom. The second kappa shape index (κ2) is 9.22. The van der Waals surface area contributed by atoms with E-state index in [-0.39, 0.29) is 5.91 Å². The van der Waals surface area contributed by atoms with Crippen LogP contribution in [0.4, 0.5) is 5.69 Å². The van der Waals surface area contributed by atoms with Gasteiger partial charge in [-0.3, -0.25) is 4.79 Å². The number of aromatic nitrogens is 3. The van der Waals surface area contributed by atoms with Gasteiger partial charge in [-0.1, -0.05) is 46.3 Å². The van der Waals surface area contributed by atoms with Crippen LogP contribution in [0.15, 0.2) is 71.3 Å². The first kappa shape index (κ1) is 20.3. The molecule has 30 heavy (non-hydrogen) atoms. The minimum Gasteiger partial charge on any atom is -0.326 e. The molecule has 0 saturated carbocycles. The van der Waals surface area contributed by atoms with E-state index in [1.165, 1.54) is 5.56 Å². The zero-order chi connectivity index (χ0) is 20.9. The van der Waals surface area contributed by atoms with Crippen LogP contribution in [0.25, 0.3) is 11.2 Å². The van der Waals surface area contributed by atoms with Crippen molar-refractivity contribution in [1.82, 2.24) is 14.5 Å². The molecule has 0 spiro atoms. The zero-order valence-electron chi connectivity index (χ0n) is 16.8. The van der Waals surface area contributed by atoms with Gasteiger partial charge in [-0.05, 0) is 54.8 Å². The van der Waals surface area contributed by atoms with Crippen molar-refractivity contribution >= 4 is 38.7 Å². The van der Waals surface area contributed by atoms with E-state index in [4.69, 9.17) is 4.98 Å². The molecule has 0 saturated heterocycles. The largest absolute Gasteiger partial charge is 0.326 e. The van der Waals surface area contributed by atoms with Crippen LogP contribution in [-0.2, 0) is 17.8 Å². The quantitative estimate of drug-likeness (QED) is 0.393. The maximum Gasteiger partial charge on any atom is 0.224 e. The Hall–Kier alpha value is -2.99. The second-order valence-electron chi connectivity index (χ2n) is 7.31. The number of nitrogens with one attached hydrogen (secondary N) is 1. The summed E-state index contributed by atoms with van der Waals surface area (Å²) in [7, 11) is 0. The van der Waals surface area contributed by atoms with Gasteiger partial charge >= 0.3 is 0 Å². The normalized spacial score (nSPS) is 11.0. The lowest BCUT2D eigenvalue weighted by Crippen LogP contribution is -2.12. The van der Waals surface area contributed by atoms with Crippen molar-refractivity contribution in [2.45, 2.75) is 32.7 Å². The van der Waals surface area contributed by atoms with E-state index in [2.05, 4.69) is 42.9 Å². The topological polar surface area (TPSA) is 59.8 Å². The Balaban J connectivity index is 1.44. The van der Waals surface area contributed by atoms with Crippen molar-refractivity contribution in [2.24, 2.45) is 0 Å². The molecule has 0 aliphatic carbocycles. The molecule has 0 unspecified atom stereocenters. The van der Waals surface area contributed by atoms with Gasteiger partial charge in [-0.15, -0.1) is 0 Å². The monoisotopic (exact) mass is 462 g/mol. The molecule has 2 heterocycles. The summed E-state index contributed by atoms with van der Waals surface area (Å²) in [6.07, 6.45) is 3.68. The molecule has 1 N–H and O–H groups in total. The molecule has 4 aromatic rings. The van der Waals surface area contributed by atoms with Crippen LogP contribution in [0, 0.1) is 6.92 Å². The Morgan fingerprint density at radius 2 is 1.93 bits per heavy atom. The van der Waals surface area contributed by atoms with E-state index < -0.39 is 0 Å². The molecule has 1 amide bonds. The molecular formula is C24H23BrN4O. The highest BCUT2D eigenvalue weighted by Crippen LogP contribution is 2.21. The summed E-state index contributed by atoms with van der Waals surface area (Å²) >= 11 is 3.48. The number of anilines is 1. The van der Waals surface area contributed by atoms with Crippen molar-refractivity contribution in [3.05, 3.63) is 88.3 Å². The highest BCUT2D eigenvalue weighted by atomic mass is 79.9. The average molecular weight is 463 g/mol. The molecule has 0 aliphatic heterocycles. The van der Waals surface area contributed by atoms with Gasteiger partial charge < -0.3 is 9.88 Å². The number of aryl methyl sites for hydroxylation is 2. The molecule has 2 aromatic carbocycles. The molecule has 6 heteroatoms. The zero-order valence-corrected chi connectivity index (χ0v) is 18.4. The third-order valence-corrected chi connectivity index (χ3v) is 5.90. The number of imidazole rings is 1. The number of pyridine rings is 1. The molecule has 152 valence electrons. The van der Waals surface area contributed by atoms with Gasteiger partial charge in [0.1, 0.15) is 11.3 Å². The summed E-state index contributed by atoms with van der Waals surface area (Å²) in [6.45, 7) is 2.72. The number of nitrogens with zero attached hydrogens (tertiary/aromatic N) is 3. The SMILES string of the molecule is Cc1cc(NC(=O)CCCc2nc3cccnc3n2Cc2ccccc2)ccc1Br. The van der Waals surface area contributed by atoms with E-state index >= 15 is 0 Å². The number of benzene rings is 2. The molecular weight excluding hydrogens is 440 g/mol. The summed E-state index contributed by atoms with van der Waals surface area (Å²) in [6, 6.07) is 20.0. The summed E-state index contributed by atoms with van der Waals surface area (Å²) in [5, 5.41) is 2.98. The smallest absolute Gasteiger partial charge is 0.224 e. The van der Waals surface area contributed by atoms with Gasteiger partial charge in [-0.25, -0.2) is 9.97 Å². The fourth-order valence-electron chi connectivity index (χ4n) is 3.48. The summed E-state index contributed by atoms with van der Waals surface area (Å²) in [4.78, 5) is 21.7. The molecule has 0 bridgehead atoms. The Kier molecular flexibility index (Phi) is 6.23. The summed E-state index contributed by atoms with van der Waals surface area (Å²) in [5.41, 5.74) is 4.88. The van der Waals surface area contributed by atoms with Gasteiger partial charge in [0.05, 0.1) is 6.54 Å². The summed E-state index contributed by atoms with van der Waals surface area (Å²) in [5.74, 6) is 0.973. The van der Waals surface area contributed by atoms with Gasteiger partial charge in [-0.2, -0.15) is 0 Å². The van der Waals surface area contributed by atoms with E-state index in [0.717, 1.165) is 45.6 Å². The highest BCUT2D eigenvalue weighted by molar-refractivity contribution is 9.10. The molecule has 4 rings (SSSR count). The van der Waals surface area contributed by atoms with Crippen molar-refractivity contribution in [1.29, 1.82) is 0 Å². The van der Waals surface area contributed by atoms with Crippen molar-refractivity contribution < 1.29 is 4.79 Å². The Bertz CT molecular complexity index is 1170. The number of hydrogen-bond donors (Lipinski definition) is 1. The van der Waals surface area contributed by atoms with Crippen LogP contribution >= 0.6 is 15.9 Å². The van der Waals surface area contributed by atoms with Crippen molar-refractivity contribution in [3.8, 4) is 0 Å². The first-order valence-electron chi connectivity index (χ1n) is 10.0. The number of carbonyl (C=O) groups excluding carboxylic acids is 1. The van der Waals surface area contributed by atoms with E-state index in [1.54, 1.807) is 6.20 Å². The number of rotatable bonds is 7. The van der Waals surface area contributed by atoms with Crippen molar-refractivity contribution in [3.63, 3.8) is 0 Å². The predicted octanol–water partition coefficient (Wildman–Crippen LogP) is 5.51. The molecule has 0 fully saturated rings. The number of hydrogen-bond acceptors (Lipinski definition) is 3. The lowest BCUT2D eigenvalue weighted by Gasteiger charge is -2.10. The van der Waals surface area contributed by atoms with Gasteiger partial charge in [0.15, 0.2) is 5.65 Å². The van der Waals surface area contributed by atoms with Crippen LogP contribution in [-0.4, -0.2) is 20.4 Å². The van der Waals surface area contributed by atoms with Gasteiger partial charge in [0, 0.05) is 29.2 Å².